The minimum Gasteiger partial charge on any atom is -0.322 e. The van der Waals surface area contributed by atoms with E-state index >= 15 is 0 Å². The number of amides is 3. The van der Waals surface area contributed by atoms with E-state index in [4.69, 9.17) is 5.73 Å². The standard InChI is InChI=1S/C21H30N6O3S/c22-14-19(29)24-18(28)8-2-1-5-9-26-10-12-27(13-11-26)15-20(30)25-21-23-16-6-3-4-7-17(16)31-21/h3-4,6-7H,1-2,5,8-15,22H2,(H,23,25,30)(H,24,28,29). The highest BCUT2D eigenvalue weighted by Gasteiger charge is 2.19. The van der Waals surface area contributed by atoms with Gasteiger partial charge in [0.25, 0.3) is 0 Å². The van der Waals surface area contributed by atoms with E-state index < -0.39 is 5.91 Å². The van der Waals surface area contributed by atoms with Crippen LogP contribution in [0.25, 0.3) is 10.2 Å². The molecule has 3 rings (SSSR count). The molecule has 10 heteroatoms. The molecule has 0 spiro atoms. The van der Waals surface area contributed by atoms with Crippen molar-refractivity contribution in [1.82, 2.24) is 20.1 Å². The Morgan fingerprint density at radius 1 is 0.968 bits per heavy atom. The number of carbonyl (C=O) groups is 3. The minimum atomic E-state index is -0.434. The van der Waals surface area contributed by atoms with E-state index in [-0.39, 0.29) is 18.4 Å². The fourth-order valence-corrected chi connectivity index (χ4v) is 4.41. The molecular formula is C21H30N6O3S. The number of nitrogens with two attached hydrogens (primary N) is 1. The van der Waals surface area contributed by atoms with E-state index in [2.05, 4.69) is 25.4 Å². The maximum atomic E-state index is 12.4. The first-order valence-corrected chi connectivity index (χ1v) is 11.5. The summed E-state index contributed by atoms with van der Waals surface area (Å²) in [5.74, 6) is -0.719. The van der Waals surface area contributed by atoms with Gasteiger partial charge in [-0.25, -0.2) is 4.98 Å². The summed E-state index contributed by atoms with van der Waals surface area (Å²) in [6, 6.07) is 7.85. The minimum absolute atomic E-state index is 0.0288. The van der Waals surface area contributed by atoms with E-state index in [1.54, 1.807) is 0 Å². The summed E-state index contributed by atoms with van der Waals surface area (Å²) in [6.45, 7) is 4.77. The topological polar surface area (TPSA) is 121 Å². The zero-order chi connectivity index (χ0) is 22.1. The van der Waals surface area contributed by atoms with E-state index in [1.807, 2.05) is 24.3 Å². The molecule has 0 atom stereocenters. The number of carbonyl (C=O) groups excluding carboxylic acids is 3. The molecule has 31 heavy (non-hydrogen) atoms. The van der Waals surface area contributed by atoms with Crippen molar-refractivity contribution < 1.29 is 14.4 Å². The van der Waals surface area contributed by atoms with Crippen LogP contribution in [0.3, 0.4) is 0 Å². The summed E-state index contributed by atoms with van der Waals surface area (Å²) in [5.41, 5.74) is 6.07. The van der Waals surface area contributed by atoms with Crippen molar-refractivity contribution in [2.24, 2.45) is 5.73 Å². The fourth-order valence-electron chi connectivity index (χ4n) is 3.53. The number of aromatic nitrogens is 1. The molecule has 0 unspecified atom stereocenters. The molecule has 1 saturated heterocycles. The van der Waals surface area contributed by atoms with Crippen molar-refractivity contribution in [3.8, 4) is 0 Å². The van der Waals surface area contributed by atoms with Crippen molar-refractivity contribution in [3.63, 3.8) is 0 Å². The lowest BCUT2D eigenvalue weighted by Gasteiger charge is -2.34. The van der Waals surface area contributed by atoms with Gasteiger partial charge in [0.05, 0.1) is 23.3 Å². The van der Waals surface area contributed by atoms with Crippen molar-refractivity contribution in [3.05, 3.63) is 24.3 Å². The van der Waals surface area contributed by atoms with Gasteiger partial charge in [0, 0.05) is 32.6 Å². The lowest BCUT2D eigenvalue weighted by atomic mass is 10.1. The number of hydrogen-bond donors (Lipinski definition) is 3. The Kier molecular flexibility index (Phi) is 8.89. The number of piperazine rings is 1. The predicted octanol–water partition coefficient (Wildman–Crippen LogP) is 1.01. The molecule has 3 amide bonds. The Morgan fingerprint density at radius 3 is 2.45 bits per heavy atom. The summed E-state index contributed by atoms with van der Waals surface area (Å²) in [5, 5.41) is 5.82. The SMILES string of the molecule is NCC(=O)NC(=O)CCCCCN1CCN(CC(=O)Nc2nc3ccccc3s2)CC1. The summed E-state index contributed by atoms with van der Waals surface area (Å²) in [7, 11) is 0. The lowest BCUT2D eigenvalue weighted by molar-refractivity contribution is -0.129. The van der Waals surface area contributed by atoms with Crippen LogP contribution in [0, 0.1) is 0 Å². The zero-order valence-electron chi connectivity index (χ0n) is 17.6. The Hall–Kier alpha value is -2.40. The van der Waals surface area contributed by atoms with Crippen LogP contribution >= 0.6 is 11.3 Å². The Morgan fingerprint density at radius 2 is 1.71 bits per heavy atom. The van der Waals surface area contributed by atoms with Crippen LogP contribution < -0.4 is 16.4 Å². The second-order valence-electron chi connectivity index (χ2n) is 7.64. The summed E-state index contributed by atoms with van der Waals surface area (Å²) >= 11 is 1.49. The zero-order valence-corrected chi connectivity index (χ0v) is 18.5. The first kappa shape index (κ1) is 23.3. The number of thiazole rings is 1. The molecule has 9 nitrogen and oxygen atoms in total. The van der Waals surface area contributed by atoms with Gasteiger partial charge in [-0.2, -0.15) is 0 Å². The monoisotopic (exact) mass is 446 g/mol. The normalized spacial score (nSPS) is 15.1. The average molecular weight is 447 g/mol. The van der Waals surface area contributed by atoms with Gasteiger partial charge in [-0.05, 0) is 31.5 Å². The number of rotatable bonds is 10. The van der Waals surface area contributed by atoms with Gasteiger partial charge >= 0.3 is 0 Å². The van der Waals surface area contributed by atoms with Gasteiger partial charge < -0.3 is 16.0 Å². The van der Waals surface area contributed by atoms with Crippen LogP contribution in [0.5, 0.6) is 0 Å². The number of benzene rings is 1. The molecule has 168 valence electrons. The molecule has 0 aliphatic carbocycles. The van der Waals surface area contributed by atoms with Crippen LogP contribution in [0.2, 0.25) is 0 Å². The molecule has 2 heterocycles. The average Bonchev–Trinajstić information content (AvgIpc) is 3.16. The Labute approximate surface area is 186 Å². The third-order valence-corrected chi connectivity index (χ3v) is 6.17. The number of nitrogens with one attached hydrogen (secondary N) is 2. The molecule has 1 aromatic heterocycles. The molecule has 0 saturated carbocycles. The second-order valence-corrected chi connectivity index (χ2v) is 8.67. The molecular weight excluding hydrogens is 416 g/mol. The molecule has 1 aliphatic rings. The number of para-hydroxylation sites is 1. The summed E-state index contributed by atoms with van der Waals surface area (Å²) in [6.07, 6.45) is 3.06. The number of anilines is 1. The van der Waals surface area contributed by atoms with Crippen LogP contribution in [0.4, 0.5) is 5.13 Å². The molecule has 0 radical (unpaired) electrons. The second kappa shape index (κ2) is 11.8. The summed E-state index contributed by atoms with van der Waals surface area (Å²) in [4.78, 5) is 43.9. The third-order valence-electron chi connectivity index (χ3n) is 5.21. The maximum absolute atomic E-state index is 12.4. The first-order chi connectivity index (χ1) is 15.0. The predicted molar refractivity (Wildman–Crippen MR) is 122 cm³/mol. The molecule has 1 fully saturated rings. The van der Waals surface area contributed by atoms with Crippen molar-refractivity contribution >= 4 is 44.4 Å². The fraction of sp³-hybridized carbons (Fsp3) is 0.524. The van der Waals surface area contributed by atoms with Crippen LogP contribution in [-0.2, 0) is 14.4 Å². The largest absolute Gasteiger partial charge is 0.322 e. The van der Waals surface area contributed by atoms with E-state index in [0.29, 0.717) is 18.1 Å². The van der Waals surface area contributed by atoms with Crippen LogP contribution in [0.15, 0.2) is 24.3 Å². The smallest absolute Gasteiger partial charge is 0.240 e. The Bertz CT molecular complexity index is 861. The molecule has 1 aliphatic heterocycles. The van der Waals surface area contributed by atoms with Gasteiger partial charge in [0.2, 0.25) is 17.7 Å². The van der Waals surface area contributed by atoms with E-state index in [9.17, 15) is 14.4 Å². The quantitative estimate of drug-likeness (QED) is 0.466. The van der Waals surface area contributed by atoms with E-state index in [0.717, 1.165) is 62.2 Å². The highest BCUT2D eigenvalue weighted by atomic mass is 32.1. The third kappa shape index (κ3) is 7.66. The number of imide groups is 1. The first-order valence-electron chi connectivity index (χ1n) is 10.7. The van der Waals surface area contributed by atoms with Gasteiger partial charge in [-0.3, -0.25) is 24.6 Å². The van der Waals surface area contributed by atoms with Gasteiger partial charge in [-0.1, -0.05) is 29.9 Å². The summed E-state index contributed by atoms with van der Waals surface area (Å²) < 4.78 is 1.07. The van der Waals surface area contributed by atoms with Gasteiger partial charge in [0.15, 0.2) is 5.13 Å². The van der Waals surface area contributed by atoms with Gasteiger partial charge in [-0.15, -0.1) is 0 Å². The highest BCUT2D eigenvalue weighted by molar-refractivity contribution is 7.22. The lowest BCUT2D eigenvalue weighted by Crippen LogP contribution is -2.48. The maximum Gasteiger partial charge on any atom is 0.240 e. The van der Waals surface area contributed by atoms with Crippen LogP contribution in [0.1, 0.15) is 25.7 Å². The number of fused-ring (bicyclic) bond motifs is 1. The van der Waals surface area contributed by atoms with Crippen molar-refractivity contribution in [1.29, 1.82) is 0 Å². The number of hydrogen-bond acceptors (Lipinski definition) is 8. The van der Waals surface area contributed by atoms with Gasteiger partial charge in [0.1, 0.15) is 0 Å². The number of nitrogens with zero attached hydrogens (tertiary/aromatic N) is 3. The molecule has 0 bridgehead atoms. The molecule has 4 N–H and O–H groups in total. The highest BCUT2D eigenvalue weighted by Crippen LogP contribution is 2.25. The van der Waals surface area contributed by atoms with Crippen LogP contribution in [-0.4, -0.2) is 78.3 Å². The van der Waals surface area contributed by atoms with Crippen molar-refractivity contribution in [2.45, 2.75) is 25.7 Å². The molecule has 1 aromatic carbocycles. The Balaban J connectivity index is 1.27. The number of unbranched alkanes of at least 4 members (excludes halogenated alkanes) is 2. The molecule has 2 aromatic rings. The van der Waals surface area contributed by atoms with E-state index in [1.165, 1.54) is 11.3 Å². The van der Waals surface area contributed by atoms with Crippen molar-refractivity contribution in [2.75, 3.05) is 51.1 Å².